The van der Waals surface area contributed by atoms with Crippen LogP contribution in [0.5, 0.6) is 5.75 Å². The standard InChI is InChI=1S/C24H25NO2S/c1-18-7-13-22(14-8-18)28-17-20-9-11-21(12-10-20)24(26)25-15-16-27-23-6-4-3-5-19(23)2/h3-14H,15-17H2,1-2H3,(H,25,26). The Hall–Kier alpha value is -2.72. The van der Waals surface area contributed by atoms with Gasteiger partial charge in [0.1, 0.15) is 12.4 Å². The largest absolute Gasteiger partial charge is 0.491 e. The molecule has 0 heterocycles. The van der Waals surface area contributed by atoms with Gasteiger partial charge in [0.25, 0.3) is 5.91 Å². The third kappa shape index (κ3) is 5.89. The van der Waals surface area contributed by atoms with Crippen LogP contribution in [0, 0.1) is 13.8 Å². The third-order valence-corrected chi connectivity index (χ3v) is 5.46. The molecule has 28 heavy (non-hydrogen) atoms. The van der Waals surface area contributed by atoms with E-state index in [1.807, 2.05) is 55.5 Å². The Labute approximate surface area is 171 Å². The molecule has 0 saturated heterocycles. The smallest absolute Gasteiger partial charge is 0.251 e. The zero-order valence-corrected chi connectivity index (χ0v) is 17.1. The van der Waals surface area contributed by atoms with Gasteiger partial charge in [-0.15, -0.1) is 11.8 Å². The van der Waals surface area contributed by atoms with Gasteiger partial charge >= 0.3 is 0 Å². The monoisotopic (exact) mass is 391 g/mol. The molecule has 0 aliphatic heterocycles. The van der Waals surface area contributed by atoms with Crippen molar-refractivity contribution in [3.05, 3.63) is 95.1 Å². The molecular formula is C24H25NO2S. The van der Waals surface area contributed by atoms with Crippen molar-refractivity contribution in [3.8, 4) is 5.75 Å². The fourth-order valence-electron chi connectivity index (χ4n) is 2.70. The predicted octanol–water partition coefficient (Wildman–Crippen LogP) is 5.40. The summed E-state index contributed by atoms with van der Waals surface area (Å²) in [5, 5.41) is 2.90. The Balaban J connectivity index is 1.43. The summed E-state index contributed by atoms with van der Waals surface area (Å²) in [4.78, 5) is 13.5. The summed E-state index contributed by atoms with van der Waals surface area (Å²) in [7, 11) is 0. The Bertz CT molecular complexity index is 905. The lowest BCUT2D eigenvalue weighted by molar-refractivity contribution is 0.0947. The highest BCUT2D eigenvalue weighted by Gasteiger charge is 2.06. The van der Waals surface area contributed by atoms with Crippen LogP contribution in [0.15, 0.2) is 77.7 Å². The molecule has 0 spiro atoms. The molecule has 0 aliphatic rings. The number of thioether (sulfide) groups is 1. The maximum atomic E-state index is 12.3. The van der Waals surface area contributed by atoms with Gasteiger partial charge < -0.3 is 10.1 Å². The second-order valence-electron chi connectivity index (χ2n) is 6.67. The molecule has 0 fully saturated rings. The minimum absolute atomic E-state index is 0.0777. The number of benzene rings is 3. The topological polar surface area (TPSA) is 38.3 Å². The molecule has 0 aliphatic carbocycles. The van der Waals surface area contributed by atoms with Crippen molar-refractivity contribution in [3.63, 3.8) is 0 Å². The summed E-state index contributed by atoms with van der Waals surface area (Å²) in [5.74, 6) is 1.66. The van der Waals surface area contributed by atoms with Crippen LogP contribution in [0.25, 0.3) is 0 Å². The number of nitrogens with one attached hydrogen (secondary N) is 1. The summed E-state index contributed by atoms with van der Waals surface area (Å²) in [5.41, 5.74) is 4.22. The van der Waals surface area contributed by atoms with Gasteiger partial charge in [-0.05, 0) is 55.3 Å². The lowest BCUT2D eigenvalue weighted by Crippen LogP contribution is -2.28. The number of ether oxygens (including phenoxy) is 1. The second-order valence-corrected chi connectivity index (χ2v) is 7.72. The number of para-hydroxylation sites is 1. The van der Waals surface area contributed by atoms with Gasteiger partial charge in [0, 0.05) is 16.2 Å². The highest BCUT2D eigenvalue weighted by Crippen LogP contribution is 2.23. The zero-order chi connectivity index (χ0) is 19.8. The molecule has 1 amide bonds. The lowest BCUT2D eigenvalue weighted by Gasteiger charge is -2.10. The maximum absolute atomic E-state index is 12.3. The van der Waals surface area contributed by atoms with E-state index >= 15 is 0 Å². The second kappa shape index (κ2) is 10.00. The minimum atomic E-state index is -0.0777. The minimum Gasteiger partial charge on any atom is -0.491 e. The first-order valence-corrected chi connectivity index (χ1v) is 10.4. The summed E-state index contributed by atoms with van der Waals surface area (Å²) in [6.07, 6.45) is 0. The van der Waals surface area contributed by atoms with Crippen LogP contribution in [0.3, 0.4) is 0 Å². The fourth-order valence-corrected chi connectivity index (χ4v) is 3.55. The molecule has 3 aromatic rings. The number of hydrogen-bond donors (Lipinski definition) is 1. The van der Waals surface area contributed by atoms with E-state index < -0.39 is 0 Å². The number of aryl methyl sites for hydroxylation is 2. The first-order valence-electron chi connectivity index (χ1n) is 9.37. The van der Waals surface area contributed by atoms with Crippen LogP contribution in [-0.4, -0.2) is 19.1 Å². The van der Waals surface area contributed by atoms with Crippen molar-refractivity contribution in [2.24, 2.45) is 0 Å². The van der Waals surface area contributed by atoms with Crippen LogP contribution in [0.4, 0.5) is 0 Å². The Morgan fingerprint density at radius 1 is 0.929 bits per heavy atom. The molecule has 0 radical (unpaired) electrons. The predicted molar refractivity (Wildman–Crippen MR) is 116 cm³/mol. The highest BCUT2D eigenvalue weighted by atomic mass is 32.2. The maximum Gasteiger partial charge on any atom is 0.251 e. The zero-order valence-electron chi connectivity index (χ0n) is 16.3. The van der Waals surface area contributed by atoms with E-state index in [2.05, 4.69) is 36.5 Å². The van der Waals surface area contributed by atoms with Crippen molar-refractivity contribution < 1.29 is 9.53 Å². The van der Waals surface area contributed by atoms with E-state index in [1.54, 1.807) is 11.8 Å². The van der Waals surface area contributed by atoms with E-state index in [9.17, 15) is 4.79 Å². The van der Waals surface area contributed by atoms with E-state index in [4.69, 9.17) is 4.74 Å². The van der Waals surface area contributed by atoms with Gasteiger partial charge in [0.15, 0.2) is 0 Å². The number of amides is 1. The quantitative estimate of drug-likeness (QED) is 0.412. The molecule has 144 valence electrons. The average Bonchev–Trinajstić information content (AvgIpc) is 2.72. The van der Waals surface area contributed by atoms with Gasteiger partial charge in [-0.25, -0.2) is 0 Å². The van der Waals surface area contributed by atoms with Crippen molar-refractivity contribution in [1.29, 1.82) is 0 Å². The molecule has 0 saturated carbocycles. The number of carbonyl (C=O) groups excluding carboxylic acids is 1. The molecule has 0 bridgehead atoms. The van der Waals surface area contributed by atoms with E-state index in [0.717, 1.165) is 17.1 Å². The van der Waals surface area contributed by atoms with Crippen LogP contribution < -0.4 is 10.1 Å². The van der Waals surface area contributed by atoms with Crippen LogP contribution in [-0.2, 0) is 5.75 Å². The molecule has 3 rings (SSSR count). The van der Waals surface area contributed by atoms with Crippen LogP contribution >= 0.6 is 11.8 Å². The summed E-state index contributed by atoms with van der Waals surface area (Å²) in [6.45, 7) is 5.01. The van der Waals surface area contributed by atoms with E-state index in [-0.39, 0.29) is 5.91 Å². The molecular weight excluding hydrogens is 366 g/mol. The molecule has 3 aromatic carbocycles. The number of hydrogen-bond acceptors (Lipinski definition) is 3. The van der Waals surface area contributed by atoms with Crippen molar-refractivity contribution >= 4 is 17.7 Å². The fraction of sp³-hybridized carbons (Fsp3) is 0.208. The Morgan fingerprint density at radius 2 is 1.64 bits per heavy atom. The van der Waals surface area contributed by atoms with Crippen LogP contribution in [0.2, 0.25) is 0 Å². The van der Waals surface area contributed by atoms with Crippen molar-refractivity contribution in [2.75, 3.05) is 13.2 Å². The third-order valence-electron chi connectivity index (χ3n) is 4.38. The molecule has 1 N–H and O–H groups in total. The summed E-state index contributed by atoms with van der Waals surface area (Å²) < 4.78 is 5.71. The Morgan fingerprint density at radius 3 is 2.36 bits per heavy atom. The molecule has 0 unspecified atom stereocenters. The molecule has 4 heteroatoms. The van der Waals surface area contributed by atoms with Crippen molar-refractivity contribution in [2.45, 2.75) is 24.5 Å². The Kier molecular flexibility index (Phi) is 7.15. The SMILES string of the molecule is Cc1ccc(SCc2ccc(C(=O)NCCOc3ccccc3C)cc2)cc1. The summed E-state index contributed by atoms with van der Waals surface area (Å²) in [6, 6.07) is 24.2. The van der Waals surface area contributed by atoms with Gasteiger partial charge in [-0.3, -0.25) is 4.79 Å². The van der Waals surface area contributed by atoms with Crippen LogP contribution in [0.1, 0.15) is 27.0 Å². The van der Waals surface area contributed by atoms with Gasteiger partial charge in [-0.1, -0.05) is 48.0 Å². The van der Waals surface area contributed by atoms with E-state index in [1.165, 1.54) is 16.0 Å². The summed E-state index contributed by atoms with van der Waals surface area (Å²) >= 11 is 1.80. The van der Waals surface area contributed by atoms with E-state index in [0.29, 0.717) is 18.7 Å². The average molecular weight is 392 g/mol. The van der Waals surface area contributed by atoms with Gasteiger partial charge in [0.2, 0.25) is 0 Å². The van der Waals surface area contributed by atoms with Crippen molar-refractivity contribution in [1.82, 2.24) is 5.32 Å². The highest BCUT2D eigenvalue weighted by molar-refractivity contribution is 7.98. The number of carbonyl (C=O) groups is 1. The van der Waals surface area contributed by atoms with Gasteiger partial charge in [-0.2, -0.15) is 0 Å². The number of rotatable bonds is 8. The first-order chi connectivity index (χ1) is 13.6. The van der Waals surface area contributed by atoms with Gasteiger partial charge in [0.05, 0.1) is 6.54 Å². The molecule has 3 nitrogen and oxygen atoms in total. The lowest BCUT2D eigenvalue weighted by atomic mass is 10.1. The molecule has 0 aromatic heterocycles. The normalized spacial score (nSPS) is 10.5. The molecule has 0 atom stereocenters. The first kappa shape index (κ1) is 20.0.